The molecule has 0 saturated carbocycles. The fourth-order valence-corrected chi connectivity index (χ4v) is 3.60. The van der Waals surface area contributed by atoms with Gasteiger partial charge in [0.05, 0.1) is 0 Å². The summed E-state index contributed by atoms with van der Waals surface area (Å²) >= 11 is 6.15. The first-order valence-corrected chi connectivity index (χ1v) is 9.06. The number of aliphatic hydroxyl groups is 1. The number of ether oxygens (including phenoxy) is 1. The van der Waals surface area contributed by atoms with Crippen LogP contribution in [0.5, 0.6) is 0 Å². The number of fused-ring (bicyclic) bond motifs is 1. The van der Waals surface area contributed by atoms with Gasteiger partial charge in [-0.15, -0.1) is 10.2 Å². The third kappa shape index (κ3) is 3.72. The van der Waals surface area contributed by atoms with Crippen molar-refractivity contribution in [3.8, 4) is 0 Å². The number of carbonyl (C=O) groups excluding carboxylic acids is 1. The summed E-state index contributed by atoms with van der Waals surface area (Å²) in [4.78, 5) is 15.6. The molecule has 1 aliphatic rings. The first-order chi connectivity index (χ1) is 13.1. The third-order valence-electron chi connectivity index (χ3n) is 4.76. The van der Waals surface area contributed by atoms with E-state index < -0.39 is 5.78 Å². The van der Waals surface area contributed by atoms with Crippen LogP contribution in [-0.2, 0) is 11.2 Å². The third-order valence-corrected chi connectivity index (χ3v) is 5.00. The zero-order valence-electron chi connectivity index (χ0n) is 14.4. The molecule has 27 heavy (non-hydrogen) atoms. The van der Waals surface area contributed by atoms with E-state index >= 15 is 0 Å². The maximum Gasteiger partial charge on any atom is 0.244 e. The molecule has 1 aliphatic heterocycles. The van der Waals surface area contributed by atoms with E-state index in [4.69, 9.17) is 16.3 Å². The molecule has 3 N–H and O–H groups in total. The molecule has 0 atom stereocenters. The average Bonchev–Trinajstić information content (AvgIpc) is 3.30. The Morgan fingerprint density at radius 2 is 2.19 bits per heavy atom. The highest BCUT2D eigenvalue weighted by molar-refractivity contribution is 6.31. The van der Waals surface area contributed by atoms with Gasteiger partial charge in [0.1, 0.15) is 5.76 Å². The largest absolute Gasteiger partial charge is 0.507 e. The number of aromatic amines is 2. The normalized spacial score (nSPS) is 16.1. The molecule has 3 heterocycles. The predicted octanol–water partition coefficient (Wildman–Crippen LogP) is 3.09. The van der Waals surface area contributed by atoms with Crippen molar-refractivity contribution in [2.75, 3.05) is 13.2 Å². The smallest absolute Gasteiger partial charge is 0.244 e. The van der Waals surface area contributed by atoms with Crippen LogP contribution in [-0.4, -0.2) is 49.7 Å². The van der Waals surface area contributed by atoms with Crippen molar-refractivity contribution in [2.24, 2.45) is 5.92 Å². The van der Waals surface area contributed by atoms with Gasteiger partial charge in [-0.3, -0.25) is 4.79 Å². The summed E-state index contributed by atoms with van der Waals surface area (Å²) in [5.74, 6) is -0.345. The van der Waals surface area contributed by atoms with Crippen LogP contribution in [0.2, 0.25) is 5.02 Å². The van der Waals surface area contributed by atoms with E-state index in [2.05, 4.69) is 25.6 Å². The molecule has 0 aliphatic carbocycles. The minimum Gasteiger partial charge on any atom is -0.507 e. The summed E-state index contributed by atoms with van der Waals surface area (Å²) in [6, 6.07) is 5.43. The van der Waals surface area contributed by atoms with Crippen molar-refractivity contribution in [3.05, 3.63) is 46.4 Å². The maximum absolute atomic E-state index is 12.2. The van der Waals surface area contributed by atoms with Crippen molar-refractivity contribution >= 4 is 34.0 Å². The summed E-state index contributed by atoms with van der Waals surface area (Å²) < 4.78 is 5.43. The Kier molecular flexibility index (Phi) is 4.91. The van der Waals surface area contributed by atoms with E-state index in [0.717, 1.165) is 55.1 Å². The highest BCUT2D eigenvalue weighted by atomic mass is 35.5. The van der Waals surface area contributed by atoms with Crippen molar-refractivity contribution in [2.45, 2.75) is 19.3 Å². The highest BCUT2D eigenvalue weighted by Gasteiger charge is 2.22. The molecule has 1 saturated heterocycles. The van der Waals surface area contributed by atoms with Gasteiger partial charge in [-0.2, -0.15) is 5.21 Å². The number of H-pyrrole nitrogens is 2. The second kappa shape index (κ2) is 7.50. The van der Waals surface area contributed by atoms with E-state index in [0.29, 0.717) is 16.5 Å². The van der Waals surface area contributed by atoms with Crippen LogP contribution in [0.3, 0.4) is 0 Å². The maximum atomic E-state index is 12.2. The molecule has 140 valence electrons. The number of hydrogen-bond acceptors (Lipinski definition) is 6. The molecule has 2 aromatic heterocycles. The summed E-state index contributed by atoms with van der Waals surface area (Å²) in [5.41, 5.74) is 2.30. The second-order valence-corrected chi connectivity index (χ2v) is 6.99. The zero-order chi connectivity index (χ0) is 18.8. The molecule has 0 bridgehead atoms. The van der Waals surface area contributed by atoms with Gasteiger partial charge in [0.25, 0.3) is 0 Å². The first kappa shape index (κ1) is 17.7. The number of tetrazole rings is 1. The first-order valence-electron chi connectivity index (χ1n) is 8.68. The van der Waals surface area contributed by atoms with Crippen molar-refractivity contribution in [1.29, 1.82) is 0 Å². The second-order valence-electron chi connectivity index (χ2n) is 6.56. The van der Waals surface area contributed by atoms with Gasteiger partial charge >= 0.3 is 0 Å². The minimum absolute atomic E-state index is 0.106. The monoisotopic (exact) mass is 387 g/mol. The van der Waals surface area contributed by atoms with E-state index in [9.17, 15) is 9.90 Å². The number of nitrogens with one attached hydrogen (secondary N) is 2. The van der Waals surface area contributed by atoms with Gasteiger partial charge < -0.3 is 14.8 Å². The van der Waals surface area contributed by atoms with Gasteiger partial charge in [-0.1, -0.05) is 11.6 Å². The number of benzene rings is 1. The number of aromatic nitrogens is 5. The standard InChI is InChI=1S/C18H18ClN5O3/c19-11-1-2-13-12(8-11)17(14(20-13)7-10-3-5-27-6-4-10)15(25)9-16(26)18-21-23-24-22-18/h1-2,8-10,20,25H,3-7H2,(H,21,22,23,24). The van der Waals surface area contributed by atoms with Gasteiger partial charge in [0.15, 0.2) is 0 Å². The lowest BCUT2D eigenvalue weighted by atomic mass is 9.92. The fraction of sp³-hybridized carbons (Fsp3) is 0.333. The molecule has 0 radical (unpaired) electrons. The molecule has 1 aromatic carbocycles. The molecule has 8 nitrogen and oxygen atoms in total. The highest BCUT2D eigenvalue weighted by Crippen LogP contribution is 2.33. The Hall–Kier alpha value is -2.71. The summed E-state index contributed by atoms with van der Waals surface area (Å²) in [5, 5.41) is 24.9. The average molecular weight is 388 g/mol. The molecule has 1 fully saturated rings. The number of nitrogens with zero attached hydrogens (tertiary/aromatic N) is 3. The summed E-state index contributed by atoms with van der Waals surface area (Å²) in [6.45, 7) is 1.48. The van der Waals surface area contributed by atoms with Crippen LogP contribution >= 0.6 is 11.6 Å². The van der Waals surface area contributed by atoms with Crippen molar-refractivity contribution in [3.63, 3.8) is 0 Å². The van der Waals surface area contributed by atoms with E-state index in [1.165, 1.54) is 0 Å². The molecular weight excluding hydrogens is 370 g/mol. The van der Waals surface area contributed by atoms with Gasteiger partial charge in [0, 0.05) is 46.5 Å². The van der Waals surface area contributed by atoms with Crippen molar-refractivity contribution < 1.29 is 14.6 Å². The number of carbonyl (C=O) groups is 1. The fourth-order valence-electron chi connectivity index (χ4n) is 3.43. The number of rotatable bonds is 5. The summed E-state index contributed by atoms with van der Waals surface area (Å²) in [6.07, 6.45) is 3.78. The van der Waals surface area contributed by atoms with Crippen LogP contribution in [0.25, 0.3) is 16.7 Å². The molecule has 0 unspecified atom stereocenters. The van der Waals surface area contributed by atoms with E-state index in [1.54, 1.807) is 12.1 Å². The molecule has 4 rings (SSSR count). The predicted molar refractivity (Wildman–Crippen MR) is 99.7 cm³/mol. The quantitative estimate of drug-likeness (QED) is 0.352. The number of aliphatic hydroxyl groups excluding tert-OH is 1. The minimum atomic E-state index is -0.533. The zero-order valence-corrected chi connectivity index (χ0v) is 15.2. The number of allylic oxidation sites excluding steroid dienone is 1. The Balaban J connectivity index is 1.75. The Bertz CT molecular complexity index is 990. The lowest BCUT2D eigenvalue weighted by Gasteiger charge is -2.21. The SMILES string of the molecule is O=C(C=C(O)c1c(CC2CCOCC2)[nH]c2ccc(Cl)cc12)c1nn[nH]n1. The Morgan fingerprint density at radius 3 is 2.93 bits per heavy atom. The molecule has 3 aromatic rings. The molecule has 0 amide bonds. The lowest BCUT2D eigenvalue weighted by Crippen LogP contribution is -2.18. The van der Waals surface area contributed by atoms with Crippen molar-refractivity contribution in [1.82, 2.24) is 25.6 Å². The van der Waals surface area contributed by atoms with E-state index in [-0.39, 0.29) is 11.6 Å². The van der Waals surface area contributed by atoms with Gasteiger partial charge in [0.2, 0.25) is 11.6 Å². The molecule has 9 heteroatoms. The van der Waals surface area contributed by atoms with Crippen LogP contribution in [0.4, 0.5) is 0 Å². The number of hydrogen-bond donors (Lipinski definition) is 3. The Morgan fingerprint density at radius 1 is 1.37 bits per heavy atom. The topological polar surface area (TPSA) is 117 Å². The van der Waals surface area contributed by atoms with Crippen LogP contribution < -0.4 is 0 Å². The van der Waals surface area contributed by atoms with Crippen LogP contribution in [0.1, 0.15) is 34.7 Å². The van der Waals surface area contributed by atoms with Gasteiger partial charge in [-0.25, -0.2) is 0 Å². The molecule has 0 spiro atoms. The lowest BCUT2D eigenvalue weighted by molar-refractivity contribution is 0.0663. The summed E-state index contributed by atoms with van der Waals surface area (Å²) in [7, 11) is 0. The van der Waals surface area contributed by atoms with E-state index in [1.807, 2.05) is 6.07 Å². The number of ketones is 1. The van der Waals surface area contributed by atoms with Gasteiger partial charge in [-0.05, 0) is 48.6 Å². The molecular formula is C18H18ClN5O3. The van der Waals surface area contributed by atoms with Crippen LogP contribution in [0, 0.1) is 5.92 Å². The van der Waals surface area contributed by atoms with Crippen LogP contribution in [0.15, 0.2) is 24.3 Å². The Labute approximate surface area is 159 Å². The number of halogens is 1.